The molecule has 188 valence electrons. The van der Waals surface area contributed by atoms with Gasteiger partial charge in [-0.2, -0.15) is 13.2 Å². The number of nitrogens with one attached hydrogen (secondary N) is 1. The van der Waals surface area contributed by atoms with E-state index in [1.54, 1.807) is 4.90 Å². The van der Waals surface area contributed by atoms with Gasteiger partial charge in [0.1, 0.15) is 0 Å². The molecule has 2 aromatic rings. The highest BCUT2D eigenvalue weighted by atomic mass is 19.4. The Labute approximate surface area is 205 Å². The Hall–Kier alpha value is -2.41. The molecule has 2 fully saturated rings. The van der Waals surface area contributed by atoms with Crippen molar-refractivity contribution in [2.45, 2.75) is 77.6 Å². The van der Waals surface area contributed by atoms with Crippen LogP contribution in [0.15, 0.2) is 30.5 Å². The SMILES string of the molecule is Cc1ccc(CCNC2CC3CCCC3(C(=O)N3CCc4ncc(C(F)(F)F)cc4C3)C2)c(C)c1. The number of fused-ring (bicyclic) bond motifs is 2. The smallest absolute Gasteiger partial charge is 0.337 e. The van der Waals surface area contributed by atoms with E-state index in [0.29, 0.717) is 36.2 Å². The van der Waals surface area contributed by atoms with Gasteiger partial charge >= 0.3 is 6.18 Å². The number of halogens is 3. The van der Waals surface area contributed by atoms with Crippen LogP contribution in [0, 0.1) is 25.2 Å². The van der Waals surface area contributed by atoms with Crippen molar-refractivity contribution in [3.63, 3.8) is 0 Å². The summed E-state index contributed by atoms with van der Waals surface area (Å²) in [6.45, 7) is 5.90. The summed E-state index contributed by atoms with van der Waals surface area (Å²) in [4.78, 5) is 19.7. The molecule has 2 heterocycles. The highest BCUT2D eigenvalue weighted by Crippen LogP contribution is 2.55. The first kappa shape index (κ1) is 24.3. The summed E-state index contributed by atoms with van der Waals surface area (Å²) in [5, 5.41) is 3.72. The van der Waals surface area contributed by atoms with Crippen molar-refractivity contribution >= 4 is 5.91 Å². The van der Waals surface area contributed by atoms with Gasteiger partial charge in [0.05, 0.1) is 11.0 Å². The summed E-state index contributed by atoms with van der Waals surface area (Å²) in [6.07, 6.45) is 2.79. The first-order chi connectivity index (χ1) is 16.7. The minimum absolute atomic E-state index is 0.141. The number of carbonyl (C=O) groups is 1. The number of aromatic nitrogens is 1. The molecular formula is C28H34F3N3O. The van der Waals surface area contributed by atoms with E-state index in [-0.39, 0.29) is 17.9 Å². The largest absolute Gasteiger partial charge is 0.417 e. The lowest BCUT2D eigenvalue weighted by atomic mass is 9.78. The highest BCUT2D eigenvalue weighted by molar-refractivity contribution is 5.84. The maximum absolute atomic E-state index is 13.9. The number of benzene rings is 1. The van der Waals surface area contributed by atoms with Crippen LogP contribution in [-0.4, -0.2) is 34.9 Å². The molecule has 1 aliphatic heterocycles. The fraction of sp³-hybridized carbons (Fsp3) is 0.571. The van der Waals surface area contributed by atoms with Crippen LogP contribution in [0.25, 0.3) is 0 Å². The van der Waals surface area contributed by atoms with Crippen LogP contribution in [0.5, 0.6) is 0 Å². The predicted molar refractivity (Wildman–Crippen MR) is 129 cm³/mol. The average molecular weight is 486 g/mol. The second kappa shape index (κ2) is 9.23. The quantitative estimate of drug-likeness (QED) is 0.618. The van der Waals surface area contributed by atoms with Crippen molar-refractivity contribution in [2.75, 3.05) is 13.1 Å². The van der Waals surface area contributed by atoms with Gasteiger partial charge in [0, 0.05) is 37.4 Å². The zero-order valence-corrected chi connectivity index (χ0v) is 20.5. The summed E-state index contributed by atoms with van der Waals surface area (Å²) in [7, 11) is 0. The third kappa shape index (κ3) is 4.72. The van der Waals surface area contributed by atoms with E-state index < -0.39 is 11.7 Å². The Bertz CT molecular complexity index is 1120. The van der Waals surface area contributed by atoms with Crippen LogP contribution in [0.4, 0.5) is 13.2 Å². The Kier molecular flexibility index (Phi) is 6.41. The topological polar surface area (TPSA) is 45.2 Å². The second-order valence-electron chi connectivity index (χ2n) is 10.8. The van der Waals surface area contributed by atoms with E-state index in [2.05, 4.69) is 42.3 Å². The standard InChI is InChI=1S/C28H34F3N3O/c1-18-5-6-20(19(2)12-18)7-10-32-24-14-22-4-3-9-27(22,15-24)26(35)34-11-8-25-21(17-34)13-23(16-33-25)28(29,30)31/h5-6,12-13,16,22,24,32H,3-4,7-11,14-15,17H2,1-2H3. The molecule has 3 aliphatic rings. The number of pyridine rings is 1. The Morgan fingerprint density at radius 3 is 2.86 bits per heavy atom. The number of hydrogen-bond donors (Lipinski definition) is 1. The van der Waals surface area contributed by atoms with Crippen molar-refractivity contribution in [3.05, 3.63) is 64.0 Å². The molecule has 0 spiro atoms. The molecule has 0 radical (unpaired) electrons. The van der Waals surface area contributed by atoms with Crippen molar-refractivity contribution in [1.29, 1.82) is 0 Å². The minimum atomic E-state index is -4.43. The summed E-state index contributed by atoms with van der Waals surface area (Å²) < 4.78 is 39.6. The van der Waals surface area contributed by atoms with Crippen LogP contribution in [-0.2, 0) is 30.4 Å². The highest BCUT2D eigenvalue weighted by Gasteiger charge is 2.56. The fourth-order valence-electron chi connectivity index (χ4n) is 6.75. The van der Waals surface area contributed by atoms with Crippen molar-refractivity contribution in [3.8, 4) is 0 Å². The molecule has 35 heavy (non-hydrogen) atoms. The average Bonchev–Trinajstić information content (AvgIpc) is 3.37. The zero-order valence-electron chi connectivity index (χ0n) is 20.5. The van der Waals surface area contributed by atoms with Crippen molar-refractivity contribution in [2.24, 2.45) is 11.3 Å². The normalized spacial score (nSPS) is 26.0. The number of hydrogen-bond acceptors (Lipinski definition) is 3. The van der Waals surface area contributed by atoms with Gasteiger partial charge in [-0.3, -0.25) is 9.78 Å². The van der Waals surface area contributed by atoms with Gasteiger partial charge in [0.25, 0.3) is 0 Å². The predicted octanol–water partition coefficient (Wildman–Crippen LogP) is 5.38. The first-order valence-corrected chi connectivity index (χ1v) is 12.8. The van der Waals surface area contributed by atoms with Crippen LogP contribution in [0.2, 0.25) is 0 Å². The monoisotopic (exact) mass is 485 g/mol. The maximum atomic E-state index is 13.9. The number of nitrogens with zero attached hydrogens (tertiary/aromatic N) is 2. The second-order valence-corrected chi connectivity index (χ2v) is 10.8. The van der Waals surface area contributed by atoms with Gasteiger partial charge in [-0.1, -0.05) is 30.2 Å². The van der Waals surface area contributed by atoms with Gasteiger partial charge < -0.3 is 10.2 Å². The Balaban J connectivity index is 1.25. The van der Waals surface area contributed by atoms with E-state index >= 15 is 0 Å². The van der Waals surface area contributed by atoms with Crippen LogP contribution < -0.4 is 5.32 Å². The zero-order chi connectivity index (χ0) is 24.8. The van der Waals surface area contributed by atoms with Gasteiger partial charge in [0.2, 0.25) is 5.91 Å². The summed E-state index contributed by atoms with van der Waals surface area (Å²) >= 11 is 0. The van der Waals surface area contributed by atoms with Crippen LogP contribution in [0.3, 0.4) is 0 Å². The Morgan fingerprint density at radius 1 is 1.26 bits per heavy atom. The molecule has 1 aromatic heterocycles. The minimum Gasteiger partial charge on any atom is -0.337 e. The number of carbonyl (C=O) groups excluding carboxylic acids is 1. The summed E-state index contributed by atoms with van der Waals surface area (Å²) in [6, 6.07) is 8.06. The van der Waals surface area contributed by atoms with E-state index in [1.165, 1.54) is 22.8 Å². The molecule has 0 saturated heterocycles. The third-order valence-corrected chi connectivity index (χ3v) is 8.54. The molecule has 5 rings (SSSR count). The molecule has 0 bridgehead atoms. The van der Waals surface area contributed by atoms with Gasteiger partial charge in [-0.05, 0) is 81.2 Å². The van der Waals surface area contributed by atoms with Crippen LogP contribution in [0.1, 0.15) is 65.6 Å². The molecule has 3 atom stereocenters. The molecule has 4 nitrogen and oxygen atoms in total. The van der Waals surface area contributed by atoms with Crippen molar-refractivity contribution < 1.29 is 18.0 Å². The lowest BCUT2D eigenvalue weighted by molar-refractivity contribution is -0.144. The summed E-state index contributed by atoms with van der Waals surface area (Å²) in [5.74, 6) is 0.497. The first-order valence-electron chi connectivity index (χ1n) is 12.8. The molecule has 1 aromatic carbocycles. The maximum Gasteiger partial charge on any atom is 0.417 e. The van der Waals surface area contributed by atoms with E-state index in [9.17, 15) is 18.0 Å². The Morgan fingerprint density at radius 2 is 2.09 bits per heavy atom. The number of rotatable bonds is 5. The molecule has 1 amide bonds. The summed E-state index contributed by atoms with van der Waals surface area (Å²) in [5.41, 5.74) is 4.04. The van der Waals surface area contributed by atoms with Crippen LogP contribution >= 0.6 is 0 Å². The van der Waals surface area contributed by atoms with Crippen molar-refractivity contribution in [1.82, 2.24) is 15.2 Å². The molecule has 3 unspecified atom stereocenters. The number of alkyl halides is 3. The molecule has 2 aliphatic carbocycles. The molecule has 2 saturated carbocycles. The molecule has 1 N–H and O–H groups in total. The van der Waals surface area contributed by atoms with E-state index in [0.717, 1.165) is 51.3 Å². The molecule has 7 heteroatoms. The van der Waals surface area contributed by atoms with E-state index in [4.69, 9.17) is 0 Å². The lowest BCUT2D eigenvalue weighted by Crippen LogP contribution is -2.47. The number of amides is 1. The van der Waals surface area contributed by atoms with Gasteiger partial charge in [-0.25, -0.2) is 0 Å². The fourth-order valence-corrected chi connectivity index (χ4v) is 6.75. The van der Waals surface area contributed by atoms with Gasteiger partial charge in [-0.15, -0.1) is 0 Å². The van der Waals surface area contributed by atoms with Gasteiger partial charge in [0.15, 0.2) is 0 Å². The third-order valence-electron chi connectivity index (χ3n) is 8.54. The lowest BCUT2D eigenvalue weighted by Gasteiger charge is -2.37. The number of aryl methyl sites for hydroxylation is 2. The molecular weight excluding hydrogens is 451 g/mol. The van der Waals surface area contributed by atoms with E-state index in [1.807, 2.05) is 0 Å².